The molecule has 0 bridgehead atoms. The van der Waals surface area contributed by atoms with Gasteiger partial charge in [-0.25, -0.2) is 9.18 Å². The maximum Gasteiger partial charge on any atom is 0.338 e. The lowest BCUT2D eigenvalue weighted by atomic mass is 9.94. The zero-order valence-corrected chi connectivity index (χ0v) is 25.0. The molecule has 9 nitrogen and oxygen atoms in total. The van der Waals surface area contributed by atoms with E-state index >= 15 is 4.39 Å². The number of fused-ring (bicyclic) bond motifs is 1. The van der Waals surface area contributed by atoms with Crippen molar-refractivity contribution >= 4 is 52.6 Å². The molecule has 12 heteroatoms. The molecule has 5 rings (SSSR count). The smallest absolute Gasteiger partial charge is 0.338 e. The minimum atomic E-state index is -1.20. The Hall–Kier alpha value is -4.12. The first kappa shape index (κ1) is 30.3. The van der Waals surface area contributed by atoms with Gasteiger partial charge in [-0.2, -0.15) is 0 Å². The second kappa shape index (κ2) is 12.6. The number of aromatic carboxylic acids is 1. The number of morpholine rings is 1. The van der Waals surface area contributed by atoms with Crippen LogP contribution in [0.2, 0.25) is 10.0 Å². The molecule has 224 valence electrons. The van der Waals surface area contributed by atoms with E-state index in [4.69, 9.17) is 38.4 Å². The van der Waals surface area contributed by atoms with Gasteiger partial charge in [-0.05, 0) is 30.7 Å². The predicted molar refractivity (Wildman–Crippen MR) is 165 cm³/mol. The molecule has 0 radical (unpaired) electrons. The van der Waals surface area contributed by atoms with Crippen LogP contribution in [0.1, 0.15) is 37.4 Å². The number of carboxylic acids is 1. The Morgan fingerprint density at radius 3 is 2.42 bits per heavy atom. The largest absolute Gasteiger partial charge is 0.478 e. The molecule has 3 N–H and O–H groups in total. The minimum absolute atomic E-state index is 0.0299. The van der Waals surface area contributed by atoms with E-state index in [0.717, 1.165) is 0 Å². The molecule has 0 aliphatic carbocycles. The Balaban J connectivity index is 1.49. The molecule has 1 amide bonds. The van der Waals surface area contributed by atoms with E-state index < -0.39 is 17.7 Å². The Morgan fingerprint density at radius 1 is 1.09 bits per heavy atom. The number of hydrogen-bond donors (Lipinski definition) is 2. The standard InChI is InChI=1S/C31H29Cl2FN4O5/c1-17-26(31(40)41)25(37-6-8-42-9-7-37)12-22(28(17)34)21-5-3-4-18-15-38(16-43-29(18)21)30(39)27-23(32)10-19(11-24(27)33)20(13-35)14-36-2/h3-5,10-14H,6-9,15-16,35H2,1-2H3,(H,40,41). The summed E-state index contributed by atoms with van der Waals surface area (Å²) in [5.74, 6) is -1.89. The molecule has 3 aromatic carbocycles. The zero-order chi connectivity index (χ0) is 30.8. The van der Waals surface area contributed by atoms with Gasteiger partial charge in [-0.3, -0.25) is 9.79 Å². The van der Waals surface area contributed by atoms with Crippen LogP contribution in [0, 0.1) is 12.7 Å². The molecule has 43 heavy (non-hydrogen) atoms. The van der Waals surface area contributed by atoms with Crippen LogP contribution < -0.4 is 15.4 Å². The molecule has 2 aliphatic rings. The van der Waals surface area contributed by atoms with Crippen molar-refractivity contribution in [1.82, 2.24) is 4.90 Å². The summed E-state index contributed by atoms with van der Waals surface area (Å²) in [6.07, 6.45) is 2.92. The number of carbonyl (C=O) groups excluding carboxylic acids is 1. The molecule has 0 atom stereocenters. The van der Waals surface area contributed by atoms with E-state index in [1.54, 1.807) is 49.7 Å². The number of benzene rings is 3. The predicted octanol–water partition coefficient (Wildman–Crippen LogP) is 5.64. The molecule has 2 heterocycles. The lowest BCUT2D eigenvalue weighted by Gasteiger charge is -2.32. The first-order valence-electron chi connectivity index (χ1n) is 13.4. The summed E-state index contributed by atoms with van der Waals surface area (Å²) in [6, 6.07) is 9.98. The average Bonchev–Trinajstić information content (AvgIpc) is 3.00. The van der Waals surface area contributed by atoms with Crippen molar-refractivity contribution in [3.8, 4) is 16.9 Å². The average molecular weight is 628 g/mol. The summed E-state index contributed by atoms with van der Waals surface area (Å²) in [6.45, 7) is 3.30. The SMILES string of the molecule is CN=CC(=CN)c1cc(Cl)c(C(=O)N2COc3c(cccc3-c3cc(N4CCOCC4)c(C(=O)O)c(C)c3F)C2)c(Cl)c1. The van der Waals surface area contributed by atoms with E-state index in [1.807, 2.05) is 4.90 Å². The molecule has 0 spiro atoms. The van der Waals surface area contributed by atoms with Crippen molar-refractivity contribution in [1.29, 1.82) is 0 Å². The molecule has 0 saturated carbocycles. The summed E-state index contributed by atoms with van der Waals surface area (Å²) in [5, 5.41) is 10.2. The molecular formula is C31H29Cl2FN4O5. The Bertz CT molecular complexity index is 1650. The van der Waals surface area contributed by atoms with Gasteiger partial charge in [0.1, 0.15) is 11.6 Å². The van der Waals surface area contributed by atoms with Gasteiger partial charge in [0, 0.05) is 60.4 Å². The van der Waals surface area contributed by atoms with Gasteiger partial charge in [0.05, 0.1) is 46.6 Å². The quantitative estimate of drug-likeness (QED) is 0.340. The molecule has 3 aromatic rings. The number of carbonyl (C=O) groups is 2. The van der Waals surface area contributed by atoms with Gasteiger partial charge in [-0.1, -0.05) is 41.4 Å². The van der Waals surface area contributed by atoms with Crippen LogP contribution in [-0.4, -0.2) is 68.2 Å². The third-order valence-corrected chi connectivity index (χ3v) is 8.08. The number of nitrogens with zero attached hydrogens (tertiary/aromatic N) is 3. The fourth-order valence-electron chi connectivity index (χ4n) is 5.37. The van der Waals surface area contributed by atoms with Gasteiger partial charge in [0.25, 0.3) is 5.91 Å². The topological polar surface area (TPSA) is 118 Å². The molecule has 0 aromatic heterocycles. The minimum Gasteiger partial charge on any atom is -0.478 e. The summed E-state index contributed by atoms with van der Waals surface area (Å²) in [7, 11) is 1.61. The number of carboxylic acid groups (broad SMARTS) is 1. The van der Waals surface area contributed by atoms with E-state index in [1.165, 1.54) is 18.0 Å². The van der Waals surface area contributed by atoms with Crippen molar-refractivity contribution < 1.29 is 28.6 Å². The molecule has 0 unspecified atom stereocenters. The number of amides is 1. The Kier molecular flexibility index (Phi) is 8.91. The molecule has 1 saturated heterocycles. The van der Waals surface area contributed by atoms with Crippen LogP contribution in [0.15, 0.2) is 47.6 Å². The number of allylic oxidation sites excluding steroid dienone is 1. The number of rotatable bonds is 6. The van der Waals surface area contributed by atoms with E-state index in [9.17, 15) is 14.7 Å². The second-order valence-electron chi connectivity index (χ2n) is 10.1. The highest BCUT2D eigenvalue weighted by atomic mass is 35.5. The summed E-state index contributed by atoms with van der Waals surface area (Å²) in [5.41, 5.74) is 8.67. The first-order valence-corrected chi connectivity index (χ1v) is 14.2. The fraction of sp³-hybridized carbons (Fsp3) is 0.258. The van der Waals surface area contributed by atoms with Gasteiger partial charge in [0.15, 0.2) is 6.73 Å². The van der Waals surface area contributed by atoms with Crippen LogP contribution in [0.25, 0.3) is 16.7 Å². The lowest BCUT2D eigenvalue weighted by molar-refractivity contribution is 0.0516. The van der Waals surface area contributed by atoms with Gasteiger partial charge < -0.3 is 30.1 Å². The normalized spacial score (nSPS) is 15.4. The molecule has 2 aliphatic heterocycles. The van der Waals surface area contributed by atoms with Crippen LogP contribution in [0.5, 0.6) is 5.75 Å². The number of aliphatic imine (C=N–C) groups is 1. The Labute approximate surface area is 257 Å². The zero-order valence-electron chi connectivity index (χ0n) is 23.5. The maximum atomic E-state index is 15.8. The number of ether oxygens (including phenoxy) is 2. The van der Waals surface area contributed by atoms with E-state index in [0.29, 0.717) is 60.0 Å². The van der Waals surface area contributed by atoms with Crippen molar-refractivity contribution in [2.75, 3.05) is 45.0 Å². The highest BCUT2D eigenvalue weighted by Gasteiger charge is 2.31. The van der Waals surface area contributed by atoms with E-state index in [-0.39, 0.29) is 45.6 Å². The number of anilines is 1. The van der Waals surface area contributed by atoms with Crippen molar-refractivity contribution in [2.24, 2.45) is 10.7 Å². The lowest BCUT2D eigenvalue weighted by Crippen LogP contribution is -2.38. The van der Waals surface area contributed by atoms with Gasteiger partial charge >= 0.3 is 5.97 Å². The summed E-state index contributed by atoms with van der Waals surface area (Å²) < 4.78 is 27.3. The van der Waals surface area contributed by atoms with Crippen molar-refractivity contribution in [2.45, 2.75) is 13.5 Å². The number of hydrogen-bond acceptors (Lipinski definition) is 7. The molecular weight excluding hydrogens is 598 g/mol. The third-order valence-electron chi connectivity index (χ3n) is 7.48. The third kappa shape index (κ3) is 5.78. The van der Waals surface area contributed by atoms with Gasteiger partial charge in [0.2, 0.25) is 0 Å². The van der Waals surface area contributed by atoms with Crippen molar-refractivity contribution in [3.05, 3.63) is 86.3 Å². The highest BCUT2D eigenvalue weighted by molar-refractivity contribution is 6.40. The number of nitrogens with two attached hydrogens (primary N) is 1. The monoisotopic (exact) mass is 626 g/mol. The maximum absolute atomic E-state index is 15.8. The first-order chi connectivity index (χ1) is 20.7. The van der Waals surface area contributed by atoms with Crippen LogP contribution in [-0.2, 0) is 11.3 Å². The van der Waals surface area contributed by atoms with Gasteiger partial charge in [-0.15, -0.1) is 0 Å². The highest BCUT2D eigenvalue weighted by Crippen LogP contribution is 2.42. The van der Waals surface area contributed by atoms with E-state index in [2.05, 4.69) is 4.99 Å². The van der Waals surface area contributed by atoms with Crippen LogP contribution >= 0.6 is 23.2 Å². The van der Waals surface area contributed by atoms with Crippen LogP contribution in [0.4, 0.5) is 10.1 Å². The molecule has 1 fully saturated rings. The Morgan fingerprint density at radius 2 is 1.79 bits per heavy atom. The number of para-hydroxylation sites is 1. The van der Waals surface area contributed by atoms with Crippen LogP contribution in [0.3, 0.4) is 0 Å². The number of halogens is 3. The fourth-order valence-corrected chi connectivity index (χ4v) is 6.02. The second-order valence-corrected chi connectivity index (χ2v) is 10.9. The summed E-state index contributed by atoms with van der Waals surface area (Å²) >= 11 is 13.0. The summed E-state index contributed by atoms with van der Waals surface area (Å²) in [4.78, 5) is 33.0. The van der Waals surface area contributed by atoms with Crippen molar-refractivity contribution in [3.63, 3.8) is 0 Å².